The number of rotatable bonds is 6. The summed E-state index contributed by atoms with van der Waals surface area (Å²) in [4.78, 5) is 12.6. The van der Waals surface area contributed by atoms with Crippen molar-refractivity contribution in [3.63, 3.8) is 0 Å². The lowest BCUT2D eigenvalue weighted by Crippen LogP contribution is -2.47. The highest BCUT2D eigenvalue weighted by molar-refractivity contribution is 5.85. The Hall–Kier alpha value is -1.50. The summed E-state index contributed by atoms with van der Waals surface area (Å²) in [6.07, 6.45) is 2.99. The standard InChI is InChI=1S/C20H28N2O4.ClH/c1-24-13-20(4-6-21-7-5-20)12-22-19(23)16-11-15(16)14-2-3-17-18(10-14)26-9-8-25-17;/h2-3,10,15-16,21H,4-9,11-13H2,1H3,(H,22,23);1H. The van der Waals surface area contributed by atoms with Crippen molar-refractivity contribution >= 4 is 18.3 Å². The smallest absolute Gasteiger partial charge is 0.223 e. The summed E-state index contributed by atoms with van der Waals surface area (Å²) in [5.74, 6) is 2.12. The van der Waals surface area contributed by atoms with E-state index in [9.17, 15) is 4.79 Å². The number of amides is 1. The van der Waals surface area contributed by atoms with Crippen molar-refractivity contribution in [1.82, 2.24) is 10.6 Å². The van der Waals surface area contributed by atoms with Crippen LogP contribution in [0.4, 0.5) is 0 Å². The Bertz CT molecular complexity index is 658. The number of benzene rings is 1. The largest absolute Gasteiger partial charge is 0.486 e. The van der Waals surface area contributed by atoms with Crippen molar-refractivity contribution in [2.24, 2.45) is 11.3 Å². The number of fused-ring (bicyclic) bond motifs is 1. The van der Waals surface area contributed by atoms with E-state index >= 15 is 0 Å². The third-order valence-corrected chi connectivity index (χ3v) is 5.87. The quantitative estimate of drug-likeness (QED) is 0.770. The van der Waals surface area contributed by atoms with Gasteiger partial charge in [0.15, 0.2) is 11.5 Å². The molecule has 1 aromatic rings. The van der Waals surface area contributed by atoms with Gasteiger partial charge in [-0.2, -0.15) is 0 Å². The van der Waals surface area contributed by atoms with Gasteiger partial charge in [-0.05, 0) is 56.0 Å². The first kappa shape index (κ1) is 20.2. The van der Waals surface area contributed by atoms with Gasteiger partial charge in [-0.1, -0.05) is 6.07 Å². The van der Waals surface area contributed by atoms with Crippen LogP contribution in [-0.4, -0.2) is 52.5 Å². The Labute approximate surface area is 166 Å². The Balaban J connectivity index is 0.00000210. The van der Waals surface area contributed by atoms with Crippen LogP contribution >= 0.6 is 12.4 Å². The Morgan fingerprint density at radius 1 is 1.26 bits per heavy atom. The van der Waals surface area contributed by atoms with Gasteiger partial charge >= 0.3 is 0 Å². The molecule has 3 aliphatic rings. The van der Waals surface area contributed by atoms with Gasteiger partial charge in [0, 0.05) is 25.0 Å². The Morgan fingerprint density at radius 2 is 2.00 bits per heavy atom. The number of hydrogen-bond acceptors (Lipinski definition) is 5. The number of methoxy groups -OCH3 is 1. The van der Waals surface area contributed by atoms with Crippen LogP contribution in [0.1, 0.15) is 30.7 Å². The van der Waals surface area contributed by atoms with E-state index in [-0.39, 0.29) is 35.6 Å². The first-order valence-corrected chi connectivity index (χ1v) is 9.58. The summed E-state index contributed by atoms with van der Waals surface area (Å²) in [5.41, 5.74) is 1.24. The highest BCUT2D eigenvalue weighted by Gasteiger charge is 2.45. The molecule has 2 unspecified atom stereocenters. The van der Waals surface area contributed by atoms with Gasteiger partial charge in [0.25, 0.3) is 0 Å². The highest BCUT2D eigenvalue weighted by atomic mass is 35.5. The minimum absolute atomic E-state index is 0. The summed E-state index contributed by atoms with van der Waals surface area (Å²) >= 11 is 0. The third kappa shape index (κ3) is 4.50. The number of piperidine rings is 1. The van der Waals surface area contributed by atoms with Gasteiger partial charge in [-0.3, -0.25) is 4.79 Å². The molecule has 7 heteroatoms. The Kier molecular flexibility index (Phi) is 6.50. The molecule has 2 aliphatic heterocycles. The summed E-state index contributed by atoms with van der Waals surface area (Å²) in [7, 11) is 1.74. The molecule has 1 saturated carbocycles. The van der Waals surface area contributed by atoms with Crippen molar-refractivity contribution in [2.45, 2.75) is 25.2 Å². The fourth-order valence-corrected chi connectivity index (χ4v) is 4.18. The fourth-order valence-electron chi connectivity index (χ4n) is 4.18. The van der Waals surface area contributed by atoms with Crippen LogP contribution in [0.2, 0.25) is 0 Å². The molecular formula is C20H29ClN2O4. The van der Waals surface area contributed by atoms with Gasteiger partial charge in [-0.25, -0.2) is 0 Å². The van der Waals surface area contributed by atoms with E-state index in [1.807, 2.05) is 12.1 Å². The monoisotopic (exact) mass is 396 g/mol. The molecule has 2 N–H and O–H groups in total. The molecular weight excluding hydrogens is 368 g/mol. The SMILES string of the molecule is COCC1(CNC(=O)C2CC2c2ccc3c(c2)OCCO3)CCNCC1.Cl. The Morgan fingerprint density at radius 3 is 2.74 bits per heavy atom. The maximum absolute atomic E-state index is 12.6. The molecule has 1 aliphatic carbocycles. The van der Waals surface area contributed by atoms with Gasteiger partial charge < -0.3 is 24.8 Å². The second kappa shape index (κ2) is 8.67. The van der Waals surface area contributed by atoms with E-state index in [1.54, 1.807) is 7.11 Å². The van der Waals surface area contributed by atoms with Crippen LogP contribution in [0.5, 0.6) is 11.5 Å². The molecule has 150 valence electrons. The number of carbonyl (C=O) groups excluding carboxylic acids is 1. The topological polar surface area (TPSA) is 68.8 Å². The summed E-state index contributed by atoms with van der Waals surface area (Å²) in [6.45, 7) is 4.56. The van der Waals surface area contributed by atoms with Crippen LogP contribution in [0, 0.1) is 11.3 Å². The molecule has 2 fully saturated rings. The molecule has 0 spiro atoms. The molecule has 1 aromatic carbocycles. The average molecular weight is 397 g/mol. The number of halogens is 1. The maximum Gasteiger partial charge on any atom is 0.223 e. The van der Waals surface area contributed by atoms with Crippen LogP contribution in [-0.2, 0) is 9.53 Å². The lowest BCUT2D eigenvalue weighted by molar-refractivity contribution is -0.123. The molecule has 2 atom stereocenters. The molecule has 6 nitrogen and oxygen atoms in total. The zero-order chi connectivity index (χ0) is 18.0. The molecule has 1 amide bonds. The normalized spacial score (nSPS) is 25.2. The van der Waals surface area contributed by atoms with Crippen LogP contribution < -0.4 is 20.1 Å². The molecule has 4 rings (SSSR count). The second-order valence-corrected chi connectivity index (χ2v) is 7.75. The lowest BCUT2D eigenvalue weighted by Gasteiger charge is -2.37. The number of ether oxygens (including phenoxy) is 3. The van der Waals surface area contributed by atoms with E-state index in [4.69, 9.17) is 14.2 Å². The van der Waals surface area contributed by atoms with Gasteiger partial charge in [0.05, 0.1) is 6.61 Å². The van der Waals surface area contributed by atoms with E-state index in [2.05, 4.69) is 16.7 Å². The minimum atomic E-state index is 0. The summed E-state index contributed by atoms with van der Waals surface area (Å²) in [6, 6.07) is 6.05. The van der Waals surface area contributed by atoms with Crippen LogP contribution in [0.25, 0.3) is 0 Å². The summed E-state index contributed by atoms with van der Waals surface area (Å²) < 4.78 is 16.7. The predicted molar refractivity (Wildman–Crippen MR) is 105 cm³/mol. The van der Waals surface area contributed by atoms with Gasteiger partial charge in [0.1, 0.15) is 13.2 Å². The first-order valence-electron chi connectivity index (χ1n) is 9.58. The lowest BCUT2D eigenvalue weighted by atomic mass is 9.79. The predicted octanol–water partition coefficient (Wildman–Crippen LogP) is 2.12. The molecule has 0 aromatic heterocycles. The molecule has 2 heterocycles. The maximum atomic E-state index is 12.6. The minimum Gasteiger partial charge on any atom is -0.486 e. The van der Waals surface area contributed by atoms with E-state index < -0.39 is 0 Å². The fraction of sp³-hybridized carbons (Fsp3) is 0.650. The molecule has 0 bridgehead atoms. The average Bonchev–Trinajstić information content (AvgIpc) is 3.48. The number of hydrogen-bond donors (Lipinski definition) is 2. The number of carbonyl (C=O) groups is 1. The highest BCUT2D eigenvalue weighted by Crippen LogP contribution is 2.49. The van der Waals surface area contributed by atoms with E-state index in [1.165, 1.54) is 5.56 Å². The van der Waals surface area contributed by atoms with Gasteiger partial charge in [0.2, 0.25) is 5.91 Å². The van der Waals surface area contributed by atoms with Crippen molar-refractivity contribution in [1.29, 1.82) is 0 Å². The zero-order valence-corrected chi connectivity index (χ0v) is 16.6. The zero-order valence-electron chi connectivity index (χ0n) is 15.8. The molecule has 27 heavy (non-hydrogen) atoms. The van der Waals surface area contributed by atoms with Crippen molar-refractivity contribution in [2.75, 3.05) is 46.6 Å². The molecule has 1 saturated heterocycles. The van der Waals surface area contributed by atoms with Crippen molar-refractivity contribution in [3.8, 4) is 11.5 Å². The summed E-state index contributed by atoms with van der Waals surface area (Å²) in [5, 5.41) is 6.58. The van der Waals surface area contributed by atoms with Crippen molar-refractivity contribution in [3.05, 3.63) is 23.8 Å². The van der Waals surface area contributed by atoms with Crippen molar-refractivity contribution < 1.29 is 19.0 Å². The molecule has 0 radical (unpaired) electrons. The van der Waals surface area contributed by atoms with Gasteiger partial charge in [-0.15, -0.1) is 12.4 Å². The van der Waals surface area contributed by atoms with E-state index in [0.717, 1.165) is 43.9 Å². The third-order valence-electron chi connectivity index (χ3n) is 5.87. The van der Waals surface area contributed by atoms with Crippen LogP contribution in [0.15, 0.2) is 18.2 Å². The second-order valence-electron chi connectivity index (χ2n) is 7.75. The first-order chi connectivity index (χ1) is 12.7. The van der Waals surface area contributed by atoms with Crippen LogP contribution in [0.3, 0.4) is 0 Å². The van der Waals surface area contributed by atoms with E-state index in [0.29, 0.717) is 26.4 Å². The number of nitrogens with one attached hydrogen (secondary N) is 2.